The Bertz CT molecular complexity index is 1100. The number of anilines is 1. The van der Waals surface area contributed by atoms with E-state index in [1.807, 2.05) is 0 Å². The number of piperazine rings is 1. The minimum atomic E-state index is -3.81. The molecule has 2 heterocycles. The third-order valence-electron chi connectivity index (χ3n) is 5.14. The highest BCUT2D eigenvalue weighted by Gasteiger charge is 2.32. The fourth-order valence-electron chi connectivity index (χ4n) is 3.40. The fourth-order valence-corrected chi connectivity index (χ4v) is 4.85. The minimum absolute atomic E-state index is 0.0398. The number of carbonyl (C=O) groups excluding carboxylic acids is 2. The number of rotatable bonds is 3. The number of fused-ring (bicyclic) bond motifs is 1. The van der Waals surface area contributed by atoms with Crippen LogP contribution in [0.15, 0.2) is 47.4 Å². The second kappa shape index (κ2) is 7.69. The highest BCUT2D eigenvalue weighted by Crippen LogP contribution is 2.33. The van der Waals surface area contributed by atoms with Crippen molar-refractivity contribution in [1.29, 1.82) is 0 Å². The maximum atomic E-state index is 13.1. The number of halogens is 1. The topological polar surface area (TPSA) is 96.0 Å². The van der Waals surface area contributed by atoms with Gasteiger partial charge in [0.2, 0.25) is 10.0 Å². The van der Waals surface area contributed by atoms with E-state index < -0.39 is 21.9 Å². The van der Waals surface area contributed by atoms with Crippen LogP contribution in [-0.2, 0) is 14.8 Å². The van der Waals surface area contributed by atoms with Gasteiger partial charge in [0.15, 0.2) is 6.10 Å². The first-order valence-corrected chi connectivity index (χ1v) is 10.9. The lowest BCUT2D eigenvalue weighted by Gasteiger charge is -2.34. The highest BCUT2D eigenvalue weighted by molar-refractivity contribution is 7.89. The molecule has 0 unspecified atom stereocenters. The zero-order valence-electron chi connectivity index (χ0n) is 16.2. The summed E-state index contributed by atoms with van der Waals surface area (Å²) in [5, 5.41) is 2.64. The summed E-state index contributed by atoms with van der Waals surface area (Å²) in [5.74, 6) is -0.626. The molecule has 0 aromatic heterocycles. The molecule has 0 aliphatic carbocycles. The number of nitrogens with one attached hydrogen (secondary N) is 1. The summed E-state index contributed by atoms with van der Waals surface area (Å²) in [6, 6.07) is 9.59. The van der Waals surface area contributed by atoms with Crippen molar-refractivity contribution < 1.29 is 27.1 Å². The van der Waals surface area contributed by atoms with E-state index >= 15 is 0 Å². The lowest BCUT2D eigenvalue weighted by Crippen LogP contribution is -2.50. The average Bonchev–Trinajstić information content (AvgIpc) is 2.74. The number of sulfonamides is 1. The lowest BCUT2D eigenvalue weighted by atomic mass is 10.2. The van der Waals surface area contributed by atoms with Gasteiger partial charge in [-0.05, 0) is 49.4 Å². The van der Waals surface area contributed by atoms with Crippen LogP contribution in [0.1, 0.15) is 17.3 Å². The zero-order chi connectivity index (χ0) is 21.5. The number of ether oxygens (including phenoxy) is 1. The smallest absolute Gasteiger partial charge is 0.265 e. The molecule has 1 fully saturated rings. The van der Waals surface area contributed by atoms with Gasteiger partial charge in [-0.3, -0.25) is 9.59 Å². The minimum Gasteiger partial charge on any atom is -0.479 e. The van der Waals surface area contributed by atoms with Crippen LogP contribution in [0.3, 0.4) is 0 Å². The average molecular weight is 433 g/mol. The van der Waals surface area contributed by atoms with Gasteiger partial charge < -0.3 is 15.0 Å². The second-order valence-corrected chi connectivity index (χ2v) is 9.05. The molecule has 0 spiro atoms. The largest absolute Gasteiger partial charge is 0.479 e. The Labute approximate surface area is 173 Å². The third-order valence-corrected chi connectivity index (χ3v) is 7.03. The molecule has 1 saturated heterocycles. The summed E-state index contributed by atoms with van der Waals surface area (Å²) in [6.07, 6.45) is -0.647. The maximum Gasteiger partial charge on any atom is 0.265 e. The molecule has 30 heavy (non-hydrogen) atoms. The van der Waals surface area contributed by atoms with Gasteiger partial charge in [-0.25, -0.2) is 12.8 Å². The number of benzene rings is 2. The van der Waals surface area contributed by atoms with Crippen LogP contribution in [0, 0.1) is 5.82 Å². The molecule has 2 amide bonds. The Morgan fingerprint density at radius 3 is 2.43 bits per heavy atom. The van der Waals surface area contributed by atoms with Crippen LogP contribution >= 0.6 is 0 Å². The van der Waals surface area contributed by atoms with Crippen LogP contribution in [0.5, 0.6) is 5.75 Å². The third kappa shape index (κ3) is 3.75. The number of nitrogens with zero attached hydrogens (tertiary/aromatic N) is 2. The molecule has 0 saturated carbocycles. The highest BCUT2D eigenvalue weighted by atomic mass is 32.2. The van der Waals surface area contributed by atoms with Gasteiger partial charge in [-0.15, -0.1) is 0 Å². The molecule has 158 valence electrons. The van der Waals surface area contributed by atoms with Crippen molar-refractivity contribution in [1.82, 2.24) is 9.21 Å². The fraction of sp³-hybridized carbons (Fsp3) is 0.300. The van der Waals surface area contributed by atoms with Gasteiger partial charge in [0.1, 0.15) is 11.6 Å². The molecule has 10 heteroatoms. The second-order valence-electron chi connectivity index (χ2n) is 7.11. The summed E-state index contributed by atoms with van der Waals surface area (Å²) < 4.78 is 45.9. The Balaban J connectivity index is 1.46. The predicted molar refractivity (Wildman–Crippen MR) is 106 cm³/mol. The summed E-state index contributed by atoms with van der Waals surface area (Å²) in [6.45, 7) is 2.31. The SMILES string of the molecule is C[C@H]1Oc2ccc(S(=O)(=O)N3CCN(C(=O)c4ccc(F)cc4)CC3)cc2NC1=O. The van der Waals surface area contributed by atoms with Gasteiger partial charge >= 0.3 is 0 Å². The predicted octanol–water partition coefficient (Wildman–Crippen LogP) is 1.69. The lowest BCUT2D eigenvalue weighted by molar-refractivity contribution is -0.122. The van der Waals surface area contributed by atoms with E-state index in [1.54, 1.807) is 11.8 Å². The van der Waals surface area contributed by atoms with Crippen molar-refractivity contribution >= 4 is 27.5 Å². The van der Waals surface area contributed by atoms with Gasteiger partial charge in [-0.1, -0.05) is 0 Å². The summed E-state index contributed by atoms with van der Waals surface area (Å²) in [5.41, 5.74) is 0.664. The number of amides is 2. The number of hydrogen-bond donors (Lipinski definition) is 1. The molecule has 1 atom stereocenters. The first-order valence-electron chi connectivity index (χ1n) is 9.42. The standard InChI is InChI=1S/C20H20FN3O5S/c1-13-19(25)22-17-12-16(6-7-18(17)29-13)30(27,28)24-10-8-23(9-11-24)20(26)14-2-4-15(21)5-3-14/h2-7,12-13H,8-11H2,1H3,(H,22,25)/t13-/m1/s1. The van der Waals surface area contributed by atoms with Crippen molar-refractivity contribution in [2.45, 2.75) is 17.9 Å². The Morgan fingerprint density at radius 2 is 1.77 bits per heavy atom. The van der Waals surface area contributed by atoms with E-state index in [0.29, 0.717) is 17.0 Å². The van der Waals surface area contributed by atoms with Crippen molar-refractivity contribution in [2.75, 3.05) is 31.5 Å². The molecule has 8 nitrogen and oxygen atoms in total. The van der Waals surface area contributed by atoms with Gasteiger partial charge in [0.25, 0.3) is 11.8 Å². The maximum absolute atomic E-state index is 13.1. The molecule has 2 aliphatic rings. The Hall–Kier alpha value is -2.98. The van der Waals surface area contributed by atoms with E-state index in [0.717, 1.165) is 0 Å². The normalized spacial score (nSPS) is 19.6. The van der Waals surface area contributed by atoms with E-state index in [9.17, 15) is 22.4 Å². The first kappa shape index (κ1) is 20.3. The molecule has 2 aliphatic heterocycles. The summed E-state index contributed by atoms with van der Waals surface area (Å²) >= 11 is 0. The first-order chi connectivity index (χ1) is 14.3. The van der Waals surface area contributed by atoms with Crippen molar-refractivity contribution in [3.63, 3.8) is 0 Å². The van der Waals surface area contributed by atoms with Crippen LogP contribution in [-0.4, -0.2) is 61.7 Å². The van der Waals surface area contributed by atoms with E-state index in [-0.39, 0.29) is 42.9 Å². The number of carbonyl (C=O) groups is 2. The van der Waals surface area contributed by atoms with Gasteiger partial charge in [-0.2, -0.15) is 4.31 Å². The molecule has 4 rings (SSSR count). The zero-order valence-corrected chi connectivity index (χ0v) is 17.0. The molecule has 0 radical (unpaired) electrons. The van der Waals surface area contributed by atoms with E-state index in [2.05, 4.69) is 5.32 Å². The molecule has 0 bridgehead atoms. The van der Waals surface area contributed by atoms with Crippen LogP contribution in [0.4, 0.5) is 10.1 Å². The molecular weight excluding hydrogens is 413 g/mol. The Kier molecular flexibility index (Phi) is 5.20. The van der Waals surface area contributed by atoms with E-state index in [4.69, 9.17) is 4.74 Å². The van der Waals surface area contributed by atoms with Crippen LogP contribution in [0.25, 0.3) is 0 Å². The van der Waals surface area contributed by atoms with Gasteiger partial charge in [0, 0.05) is 31.7 Å². The van der Waals surface area contributed by atoms with Crippen LogP contribution < -0.4 is 10.1 Å². The summed E-state index contributed by atoms with van der Waals surface area (Å²) in [4.78, 5) is 25.9. The van der Waals surface area contributed by atoms with Crippen molar-refractivity contribution in [2.24, 2.45) is 0 Å². The molecule has 1 N–H and O–H groups in total. The van der Waals surface area contributed by atoms with E-state index in [1.165, 1.54) is 46.8 Å². The number of hydrogen-bond acceptors (Lipinski definition) is 5. The van der Waals surface area contributed by atoms with Crippen molar-refractivity contribution in [3.05, 3.63) is 53.8 Å². The quantitative estimate of drug-likeness (QED) is 0.795. The summed E-state index contributed by atoms with van der Waals surface area (Å²) in [7, 11) is -3.81. The molecule has 2 aromatic rings. The van der Waals surface area contributed by atoms with Gasteiger partial charge in [0.05, 0.1) is 10.6 Å². The van der Waals surface area contributed by atoms with Crippen LogP contribution in [0.2, 0.25) is 0 Å². The monoisotopic (exact) mass is 433 g/mol. The molecule has 2 aromatic carbocycles. The Morgan fingerprint density at radius 1 is 1.10 bits per heavy atom. The molecular formula is C20H20FN3O5S. The van der Waals surface area contributed by atoms with Crippen molar-refractivity contribution in [3.8, 4) is 5.75 Å².